The Hall–Kier alpha value is -2.29. The van der Waals surface area contributed by atoms with Crippen LogP contribution in [0, 0.1) is 20.8 Å². The minimum absolute atomic E-state index is 0.793. The summed E-state index contributed by atoms with van der Waals surface area (Å²) < 4.78 is 0. The molecule has 0 aliphatic rings. The number of fused-ring (bicyclic) bond motifs is 1. The zero-order chi connectivity index (χ0) is 13.4. The van der Waals surface area contributed by atoms with E-state index in [0.29, 0.717) is 0 Å². The van der Waals surface area contributed by atoms with Crippen LogP contribution < -0.4 is 5.32 Å². The lowest BCUT2D eigenvalue weighted by Gasteiger charge is -2.09. The van der Waals surface area contributed by atoms with Crippen LogP contribution in [0.1, 0.15) is 16.7 Å². The molecule has 0 unspecified atom stereocenters. The molecule has 1 heterocycles. The van der Waals surface area contributed by atoms with Gasteiger partial charge in [-0.25, -0.2) is 4.98 Å². The number of benzene rings is 2. The molecule has 3 heteroatoms. The second-order valence-electron chi connectivity index (χ2n) is 4.95. The van der Waals surface area contributed by atoms with Crippen LogP contribution in [0.15, 0.2) is 36.4 Å². The number of H-pyrrole nitrogens is 1. The van der Waals surface area contributed by atoms with Gasteiger partial charge in [0.25, 0.3) is 0 Å². The van der Waals surface area contributed by atoms with Crippen LogP contribution in [0.3, 0.4) is 0 Å². The molecule has 2 N–H and O–H groups in total. The van der Waals surface area contributed by atoms with Crippen LogP contribution in [0.2, 0.25) is 0 Å². The molecule has 3 rings (SSSR count). The first-order valence-corrected chi connectivity index (χ1v) is 6.44. The second kappa shape index (κ2) is 4.43. The Labute approximate surface area is 112 Å². The van der Waals surface area contributed by atoms with Gasteiger partial charge in [-0.15, -0.1) is 0 Å². The lowest BCUT2D eigenvalue weighted by Crippen LogP contribution is -1.97. The first-order chi connectivity index (χ1) is 9.15. The number of nitrogens with one attached hydrogen (secondary N) is 2. The number of anilines is 2. The van der Waals surface area contributed by atoms with Gasteiger partial charge >= 0.3 is 0 Å². The Morgan fingerprint density at radius 2 is 1.53 bits per heavy atom. The summed E-state index contributed by atoms with van der Waals surface area (Å²) in [5, 5.41) is 3.39. The van der Waals surface area contributed by atoms with Crippen molar-refractivity contribution in [2.75, 3.05) is 5.32 Å². The summed E-state index contributed by atoms with van der Waals surface area (Å²) in [6, 6.07) is 12.4. The minimum atomic E-state index is 0.793. The van der Waals surface area contributed by atoms with Crippen LogP contribution in [0.4, 0.5) is 11.6 Å². The van der Waals surface area contributed by atoms with E-state index in [1.165, 1.54) is 16.7 Å². The Kier molecular flexibility index (Phi) is 2.75. The molecular weight excluding hydrogens is 234 g/mol. The number of aromatic nitrogens is 2. The van der Waals surface area contributed by atoms with Crippen molar-refractivity contribution in [3.63, 3.8) is 0 Å². The predicted molar refractivity (Wildman–Crippen MR) is 80.0 cm³/mol. The third-order valence-electron chi connectivity index (χ3n) is 3.44. The van der Waals surface area contributed by atoms with E-state index in [0.717, 1.165) is 22.7 Å². The molecule has 0 aliphatic heterocycles. The summed E-state index contributed by atoms with van der Waals surface area (Å²) in [6.45, 7) is 6.28. The molecule has 3 aromatic rings. The summed E-state index contributed by atoms with van der Waals surface area (Å²) in [6.07, 6.45) is 0. The Morgan fingerprint density at radius 1 is 0.895 bits per heavy atom. The number of nitrogens with zero attached hydrogens (tertiary/aromatic N) is 1. The molecule has 19 heavy (non-hydrogen) atoms. The standard InChI is InChI=1S/C16H17N3/c1-10-6-4-7-11(2)14(10)18-16-17-13-9-5-8-12(3)15(13)19-16/h4-9H,1-3H3,(H2,17,18,19). The van der Waals surface area contributed by atoms with Gasteiger partial charge in [-0.3, -0.25) is 0 Å². The molecule has 2 aromatic carbocycles. The average Bonchev–Trinajstić information content (AvgIpc) is 2.78. The Morgan fingerprint density at radius 3 is 2.21 bits per heavy atom. The normalized spacial score (nSPS) is 10.9. The number of rotatable bonds is 2. The number of para-hydroxylation sites is 2. The van der Waals surface area contributed by atoms with E-state index in [-0.39, 0.29) is 0 Å². The second-order valence-corrected chi connectivity index (χ2v) is 4.95. The lowest BCUT2D eigenvalue weighted by atomic mass is 10.1. The third-order valence-corrected chi connectivity index (χ3v) is 3.44. The van der Waals surface area contributed by atoms with Crippen molar-refractivity contribution < 1.29 is 0 Å². The first-order valence-electron chi connectivity index (χ1n) is 6.44. The van der Waals surface area contributed by atoms with Gasteiger partial charge < -0.3 is 10.3 Å². The monoisotopic (exact) mass is 251 g/mol. The van der Waals surface area contributed by atoms with Crippen LogP contribution in [0.25, 0.3) is 11.0 Å². The summed E-state index contributed by atoms with van der Waals surface area (Å²) in [5.74, 6) is 0.793. The fourth-order valence-electron chi connectivity index (χ4n) is 2.36. The zero-order valence-electron chi connectivity index (χ0n) is 11.4. The van der Waals surface area contributed by atoms with Gasteiger partial charge in [0.1, 0.15) is 0 Å². The van der Waals surface area contributed by atoms with Crippen molar-refractivity contribution in [3.05, 3.63) is 53.1 Å². The van der Waals surface area contributed by atoms with Gasteiger partial charge in [0, 0.05) is 5.69 Å². The Balaban J connectivity index is 2.04. The van der Waals surface area contributed by atoms with E-state index in [2.05, 4.69) is 60.3 Å². The maximum atomic E-state index is 4.62. The van der Waals surface area contributed by atoms with Crippen LogP contribution in [0.5, 0.6) is 0 Å². The van der Waals surface area contributed by atoms with Crippen molar-refractivity contribution in [1.82, 2.24) is 9.97 Å². The van der Waals surface area contributed by atoms with Crippen LogP contribution in [-0.4, -0.2) is 9.97 Å². The quantitative estimate of drug-likeness (QED) is 0.715. The summed E-state index contributed by atoms with van der Waals surface area (Å²) in [7, 11) is 0. The number of hydrogen-bond donors (Lipinski definition) is 2. The number of hydrogen-bond acceptors (Lipinski definition) is 2. The van der Waals surface area contributed by atoms with Crippen molar-refractivity contribution in [3.8, 4) is 0 Å². The highest BCUT2D eigenvalue weighted by Crippen LogP contribution is 2.25. The van der Waals surface area contributed by atoms with Gasteiger partial charge in [0.15, 0.2) is 0 Å². The molecule has 0 spiro atoms. The molecule has 0 amide bonds. The molecule has 0 radical (unpaired) electrons. The smallest absolute Gasteiger partial charge is 0.205 e. The third kappa shape index (κ3) is 2.08. The highest BCUT2D eigenvalue weighted by molar-refractivity contribution is 5.81. The van der Waals surface area contributed by atoms with E-state index in [1.54, 1.807) is 0 Å². The van der Waals surface area contributed by atoms with Gasteiger partial charge in [0.2, 0.25) is 5.95 Å². The first kappa shape index (κ1) is 11.8. The molecule has 0 atom stereocenters. The van der Waals surface area contributed by atoms with Crippen molar-refractivity contribution in [1.29, 1.82) is 0 Å². The molecule has 0 bridgehead atoms. The van der Waals surface area contributed by atoms with E-state index < -0.39 is 0 Å². The van der Waals surface area contributed by atoms with Crippen molar-refractivity contribution in [2.45, 2.75) is 20.8 Å². The van der Waals surface area contributed by atoms with E-state index in [1.807, 2.05) is 12.1 Å². The highest BCUT2D eigenvalue weighted by Gasteiger charge is 2.07. The lowest BCUT2D eigenvalue weighted by molar-refractivity contribution is 1.27. The highest BCUT2D eigenvalue weighted by atomic mass is 15.1. The summed E-state index contributed by atoms with van der Waals surface area (Å²) in [5.41, 5.74) is 6.84. The molecule has 96 valence electrons. The fourth-order valence-corrected chi connectivity index (χ4v) is 2.36. The topological polar surface area (TPSA) is 40.7 Å². The Bertz CT molecular complexity index is 721. The number of aryl methyl sites for hydroxylation is 3. The van der Waals surface area contributed by atoms with Crippen molar-refractivity contribution >= 4 is 22.7 Å². The summed E-state index contributed by atoms with van der Waals surface area (Å²) in [4.78, 5) is 7.94. The molecule has 0 saturated carbocycles. The fraction of sp³-hybridized carbons (Fsp3) is 0.188. The van der Waals surface area contributed by atoms with E-state index >= 15 is 0 Å². The van der Waals surface area contributed by atoms with Crippen LogP contribution in [-0.2, 0) is 0 Å². The maximum Gasteiger partial charge on any atom is 0.205 e. The SMILES string of the molecule is Cc1cccc(C)c1Nc1nc2c(C)cccc2[nH]1. The van der Waals surface area contributed by atoms with E-state index in [9.17, 15) is 0 Å². The van der Waals surface area contributed by atoms with Gasteiger partial charge in [-0.1, -0.05) is 30.3 Å². The molecule has 0 aliphatic carbocycles. The average molecular weight is 251 g/mol. The van der Waals surface area contributed by atoms with Gasteiger partial charge in [0.05, 0.1) is 11.0 Å². The predicted octanol–water partition coefficient (Wildman–Crippen LogP) is 4.23. The maximum absolute atomic E-state index is 4.62. The van der Waals surface area contributed by atoms with Crippen molar-refractivity contribution in [2.24, 2.45) is 0 Å². The molecule has 1 aromatic heterocycles. The van der Waals surface area contributed by atoms with Gasteiger partial charge in [-0.2, -0.15) is 0 Å². The molecule has 0 fully saturated rings. The number of imidazole rings is 1. The number of aromatic amines is 1. The largest absolute Gasteiger partial charge is 0.325 e. The summed E-state index contributed by atoms with van der Waals surface area (Å²) >= 11 is 0. The zero-order valence-corrected chi connectivity index (χ0v) is 11.4. The minimum Gasteiger partial charge on any atom is -0.325 e. The molecule has 0 saturated heterocycles. The van der Waals surface area contributed by atoms with Gasteiger partial charge in [-0.05, 0) is 43.5 Å². The van der Waals surface area contributed by atoms with Crippen LogP contribution >= 0.6 is 0 Å². The van der Waals surface area contributed by atoms with E-state index in [4.69, 9.17) is 0 Å². The molecule has 3 nitrogen and oxygen atoms in total. The molecular formula is C16H17N3.